The van der Waals surface area contributed by atoms with Gasteiger partial charge in [0, 0.05) is 35.0 Å². The highest BCUT2D eigenvalue weighted by Crippen LogP contribution is 2.33. The second-order valence-corrected chi connectivity index (χ2v) is 9.84. The minimum atomic E-state index is -0.289. The van der Waals surface area contributed by atoms with Crippen molar-refractivity contribution in [2.75, 3.05) is 13.2 Å². The van der Waals surface area contributed by atoms with Gasteiger partial charge in [0.2, 0.25) is 0 Å². The molecule has 9 nitrogen and oxygen atoms in total. The molecule has 0 saturated heterocycles. The third kappa shape index (κ3) is 5.23. The van der Waals surface area contributed by atoms with Crippen LogP contribution in [0.2, 0.25) is 0 Å². The highest BCUT2D eigenvalue weighted by molar-refractivity contribution is 7.09. The molecule has 2 aromatic carbocycles. The Morgan fingerprint density at radius 3 is 2.62 bits per heavy atom. The zero-order valence-corrected chi connectivity index (χ0v) is 20.6. The molecule has 1 aliphatic heterocycles. The maximum Gasteiger partial charge on any atom is 0.252 e. The molecular formula is C26H23FN6O3S. The van der Waals surface area contributed by atoms with Crippen molar-refractivity contribution in [3.8, 4) is 11.5 Å². The van der Waals surface area contributed by atoms with Crippen LogP contribution in [0.4, 0.5) is 4.39 Å². The van der Waals surface area contributed by atoms with Crippen molar-refractivity contribution in [3.63, 3.8) is 0 Å². The van der Waals surface area contributed by atoms with Crippen LogP contribution in [-0.4, -0.2) is 43.3 Å². The van der Waals surface area contributed by atoms with Gasteiger partial charge in [-0.05, 0) is 51.7 Å². The molecule has 0 amide bonds. The molecule has 0 fully saturated rings. The molecule has 4 heterocycles. The lowest BCUT2D eigenvalue weighted by Gasteiger charge is -2.22. The molecule has 0 bridgehead atoms. The van der Waals surface area contributed by atoms with E-state index in [0.29, 0.717) is 67.8 Å². The number of hydrogen-bond acceptors (Lipinski definition) is 8. The van der Waals surface area contributed by atoms with E-state index in [-0.39, 0.29) is 11.4 Å². The number of pyridine rings is 1. The van der Waals surface area contributed by atoms with Crippen LogP contribution in [0, 0.1) is 5.82 Å². The summed E-state index contributed by atoms with van der Waals surface area (Å²) in [5, 5.41) is 15.1. The summed E-state index contributed by atoms with van der Waals surface area (Å²) in [7, 11) is 0. The SMILES string of the molecule is O=c1[nH]c2cc3c(cc2cc1CN(Cc1cccs1)Cc1nnnn1Cc1ccc(F)cc1)OCCO3. The second kappa shape index (κ2) is 10.1. The molecule has 0 atom stereocenters. The number of fused-ring (bicyclic) bond motifs is 2. The van der Waals surface area contributed by atoms with Gasteiger partial charge >= 0.3 is 0 Å². The molecule has 11 heteroatoms. The highest BCUT2D eigenvalue weighted by atomic mass is 32.1. The fourth-order valence-electron chi connectivity index (χ4n) is 4.36. The lowest BCUT2D eigenvalue weighted by Crippen LogP contribution is -2.28. The van der Waals surface area contributed by atoms with Crippen LogP contribution in [0.1, 0.15) is 21.8 Å². The Balaban J connectivity index is 1.28. The van der Waals surface area contributed by atoms with Gasteiger partial charge in [-0.1, -0.05) is 18.2 Å². The first-order chi connectivity index (χ1) is 18.1. The van der Waals surface area contributed by atoms with Crippen LogP contribution in [-0.2, 0) is 26.2 Å². The maximum atomic E-state index is 13.3. The lowest BCUT2D eigenvalue weighted by molar-refractivity contribution is 0.172. The minimum Gasteiger partial charge on any atom is -0.486 e. The van der Waals surface area contributed by atoms with Crippen LogP contribution in [0.3, 0.4) is 0 Å². The van der Waals surface area contributed by atoms with Crippen LogP contribution in [0.25, 0.3) is 10.9 Å². The molecule has 0 aliphatic carbocycles. The Morgan fingerprint density at radius 1 is 1.03 bits per heavy atom. The summed E-state index contributed by atoms with van der Waals surface area (Å²) in [5.41, 5.74) is 2.05. The Labute approximate surface area is 215 Å². The summed E-state index contributed by atoms with van der Waals surface area (Å²) in [6.45, 7) is 2.83. The number of H-pyrrole nitrogens is 1. The molecule has 1 aliphatic rings. The molecule has 1 N–H and O–H groups in total. The lowest BCUT2D eigenvalue weighted by atomic mass is 10.1. The van der Waals surface area contributed by atoms with Crippen molar-refractivity contribution in [2.24, 2.45) is 0 Å². The first-order valence-electron chi connectivity index (χ1n) is 11.8. The number of nitrogens with zero attached hydrogens (tertiary/aromatic N) is 5. The number of nitrogens with one attached hydrogen (secondary N) is 1. The minimum absolute atomic E-state index is 0.161. The number of tetrazole rings is 1. The molecule has 0 unspecified atom stereocenters. The van der Waals surface area contributed by atoms with E-state index < -0.39 is 0 Å². The topological polar surface area (TPSA) is 98.2 Å². The van der Waals surface area contributed by atoms with Gasteiger partial charge in [-0.3, -0.25) is 9.69 Å². The average Bonchev–Trinajstić information content (AvgIpc) is 3.57. The molecule has 0 radical (unpaired) electrons. The number of hydrogen-bond donors (Lipinski definition) is 1. The predicted molar refractivity (Wildman–Crippen MR) is 136 cm³/mol. The molecule has 188 valence electrons. The standard InChI is InChI=1S/C26H23FN6O3S/c27-20-5-3-17(4-6-20)13-33-25(29-30-31-33)16-32(15-21-2-1-9-37-21)14-19-10-18-11-23-24(36-8-7-35-23)12-22(18)28-26(19)34/h1-6,9-12H,7-8,13-16H2,(H,28,34). The fourth-order valence-corrected chi connectivity index (χ4v) is 5.11. The number of aromatic amines is 1. The zero-order chi connectivity index (χ0) is 25.2. The van der Waals surface area contributed by atoms with Crippen molar-refractivity contribution in [3.05, 3.63) is 98.0 Å². The van der Waals surface area contributed by atoms with Crippen molar-refractivity contribution in [1.29, 1.82) is 0 Å². The number of benzene rings is 2. The number of aromatic nitrogens is 5. The van der Waals surface area contributed by atoms with Crippen LogP contribution < -0.4 is 15.0 Å². The largest absolute Gasteiger partial charge is 0.486 e. The molecule has 0 saturated carbocycles. The fraction of sp³-hybridized carbons (Fsp3) is 0.231. The van der Waals surface area contributed by atoms with E-state index in [1.54, 1.807) is 28.2 Å². The van der Waals surface area contributed by atoms with Gasteiger partial charge in [0.05, 0.1) is 18.6 Å². The van der Waals surface area contributed by atoms with Crippen LogP contribution in [0.15, 0.2) is 64.8 Å². The summed E-state index contributed by atoms with van der Waals surface area (Å²) in [4.78, 5) is 19.3. The normalized spacial score (nSPS) is 12.9. The average molecular weight is 519 g/mol. The first-order valence-corrected chi connectivity index (χ1v) is 12.7. The van der Waals surface area contributed by atoms with Gasteiger partial charge < -0.3 is 14.5 Å². The first kappa shape index (κ1) is 23.3. The van der Waals surface area contributed by atoms with E-state index in [1.807, 2.05) is 29.6 Å². The monoisotopic (exact) mass is 518 g/mol. The molecule has 6 rings (SSSR count). The van der Waals surface area contributed by atoms with Gasteiger partial charge in [-0.2, -0.15) is 0 Å². The number of thiophene rings is 1. The molecule has 37 heavy (non-hydrogen) atoms. The van der Waals surface area contributed by atoms with Crippen molar-refractivity contribution < 1.29 is 13.9 Å². The van der Waals surface area contributed by atoms with E-state index in [9.17, 15) is 9.18 Å². The quantitative estimate of drug-likeness (QED) is 0.334. The smallest absolute Gasteiger partial charge is 0.252 e. The van der Waals surface area contributed by atoms with E-state index in [4.69, 9.17) is 9.47 Å². The Hall–Kier alpha value is -4.09. The summed E-state index contributed by atoms with van der Waals surface area (Å²) < 4.78 is 26.4. The number of rotatable bonds is 8. The summed E-state index contributed by atoms with van der Waals surface area (Å²) in [6.07, 6.45) is 0. The van der Waals surface area contributed by atoms with E-state index >= 15 is 0 Å². The van der Waals surface area contributed by atoms with Crippen molar-refractivity contribution in [2.45, 2.75) is 26.2 Å². The van der Waals surface area contributed by atoms with Crippen LogP contribution in [0.5, 0.6) is 11.5 Å². The summed E-state index contributed by atoms with van der Waals surface area (Å²) in [6, 6.07) is 15.9. The third-order valence-electron chi connectivity index (χ3n) is 6.15. The molecule has 3 aromatic heterocycles. The van der Waals surface area contributed by atoms with Gasteiger partial charge in [-0.15, -0.1) is 16.4 Å². The summed E-state index contributed by atoms with van der Waals surface area (Å²) in [5.74, 6) is 1.67. The highest BCUT2D eigenvalue weighted by Gasteiger charge is 2.18. The molecular weight excluding hydrogens is 495 g/mol. The van der Waals surface area contributed by atoms with Crippen molar-refractivity contribution in [1.82, 2.24) is 30.1 Å². The van der Waals surface area contributed by atoms with Gasteiger partial charge in [0.25, 0.3) is 5.56 Å². The number of ether oxygens (including phenoxy) is 2. The molecule has 0 spiro atoms. The zero-order valence-electron chi connectivity index (χ0n) is 19.8. The maximum absolute atomic E-state index is 13.3. The summed E-state index contributed by atoms with van der Waals surface area (Å²) >= 11 is 1.65. The van der Waals surface area contributed by atoms with E-state index in [2.05, 4.69) is 31.5 Å². The van der Waals surface area contributed by atoms with E-state index in [0.717, 1.165) is 15.8 Å². The van der Waals surface area contributed by atoms with Gasteiger partial charge in [-0.25, -0.2) is 9.07 Å². The van der Waals surface area contributed by atoms with Crippen LogP contribution >= 0.6 is 11.3 Å². The Kier molecular flexibility index (Phi) is 6.37. The van der Waals surface area contributed by atoms with Gasteiger partial charge in [0.1, 0.15) is 19.0 Å². The number of halogens is 1. The Bertz CT molecular complexity index is 1580. The predicted octanol–water partition coefficient (Wildman–Crippen LogP) is 3.74. The Morgan fingerprint density at radius 2 is 1.84 bits per heavy atom. The van der Waals surface area contributed by atoms with E-state index in [1.165, 1.54) is 12.1 Å². The third-order valence-corrected chi connectivity index (χ3v) is 7.02. The second-order valence-electron chi connectivity index (χ2n) is 8.81. The van der Waals surface area contributed by atoms with Gasteiger partial charge in [0.15, 0.2) is 17.3 Å². The van der Waals surface area contributed by atoms with Crippen molar-refractivity contribution >= 4 is 22.2 Å². The molecule has 5 aromatic rings.